The molecule has 0 radical (unpaired) electrons. The number of nitrogens with one attached hydrogen (secondary N) is 2. The Balaban J connectivity index is 2.12. The Bertz CT molecular complexity index is 869. The number of carbonyl (C=O) groups is 3. The Hall–Kier alpha value is -2.68. The molecule has 1 atom stereocenters. The summed E-state index contributed by atoms with van der Waals surface area (Å²) in [6.45, 7) is 10.4. The summed E-state index contributed by atoms with van der Waals surface area (Å²) in [4.78, 5) is 37.3. The van der Waals surface area contributed by atoms with Gasteiger partial charge in [0.05, 0.1) is 11.8 Å². The lowest BCUT2D eigenvalue weighted by atomic mass is 10.1. The third-order valence-corrected chi connectivity index (χ3v) is 5.07. The second kappa shape index (κ2) is 8.34. The van der Waals surface area contributed by atoms with Crippen molar-refractivity contribution in [3.05, 3.63) is 28.3 Å². The predicted molar refractivity (Wildman–Crippen MR) is 104 cm³/mol. The van der Waals surface area contributed by atoms with Gasteiger partial charge in [0.2, 0.25) is 5.91 Å². The highest BCUT2D eigenvalue weighted by molar-refractivity contribution is 7.16. The SMILES string of the molecule is CC(=O)Nc1sc(C)c(C)c1C(=O)O[C@@H](C)C(=O)Nc1ccnn1C(C)C. The first kappa shape index (κ1) is 20.6. The zero-order valence-electron chi connectivity index (χ0n) is 16.2. The highest BCUT2D eigenvalue weighted by Crippen LogP contribution is 2.33. The molecule has 2 amide bonds. The van der Waals surface area contributed by atoms with Crippen LogP contribution in [0.4, 0.5) is 10.8 Å². The van der Waals surface area contributed by atoms with Crippen LogP contribution >= 0.6 is 11.3 Å². The first-order valence-corrected chi connectivity index (χ1v) is 9.36. The second-order valence-corrected chi connectivity index (χ2v) is 7.68. The van der Waals surface area contributed by atoms with Gasteiger partial charge in [-0.25, -0.2) is 9.48 Å². The van der Waals surface area contributed by atoms with Gasteiger partial charge in [0.15, 0.2) is 6.10 Å². The van der Waals surface area contributed by atoms with Crippen molar-refractivity contribution >= 4 is 39.9 Å². The molecule has 0 aliphatic heterocycles. The van der Waals surface area contributed by atoms with Crippen molar-refractivity contribution in [2.45, 2.75) is 53.7 Å². The zero-order valence-corrected chi connectivity index (χ0v) is 17.1. The minimum absolute atomic E-state index is 0.0739. The van der Waals surface area contributed by atoms with Crippen LogP contribution in [0.15, 0.2) is 12.3 Å². The summed E-state index contributed by atoms with van der Waals surface area (Å²) >= 11 is 1.30. The molecule has 0 saturated heterocycles. The number of carbonyl (C=O) groups excluding carboxylic acids is 3. The van der Waals surface area contributed by atoms with Gasteiger partial charge >= 0.3 is 5.97 Å². The number of aromatic nitrogens is 2. The van der Waals surface area contributed by atoms with E-state index >= 15 is 0 Å². The van der Waals surface area contributed by atoms with E-state index in [9.17, 15) is 14.4 Å². The van der Waals surface area contributed by atoms with E-state index in [-0.39, 0.29) is 17.5 Å². The van der Waals surface area contributed by atoms with E-state index in [2.05, 4.69) is 15.7 Å². The quantitative estimate of drug-likeness (QED) is 0.735. The number of hydrogen-bond donors (Lipinski definition) is 2. The van der Waals surface area contributed by atoms with Crippen LogP contribution < -0.4 is 10.6 Å². The van der Waals surface area contributed by atoms with E-state index in [0.717, 1.165) is 10.4 Å². The summed E-state index contributed by atoms with van der Waals surface area (Å²) in [5, 5.41) is 9.92. The third kappa shape index (κ3) is 4.73. The van der Waals surface area contributed by atoms with Gasteiger partial charge < -0.3 is 15.4 Å². The van der Waals surface area contributed by atoms with Crippen LogP contribution in [0.3, 0.4) is 0 Å². The minimum Gasteiger partial charge on any atom is -0.449 e. The molecule has 2 rings (SSSR count). The molecule has 0 aliphatic carbocycles. The van der Waals surface area contributed by atoms with Crippen LogP contribution in [0.25, 0.3) is 0 Å². The summed E-state index contributed by atoms with van der Waals surface area (Å²) in [5.74, 6) is -0.866. The molecule has 146 valence electrons. The maximum atomic E-state index is 12.6. The highest BCUT2D eigenvalue weighted by Gasteiger charge is 2.26. The van der Waals surface area contributed by atoms with E-state index in [0.29, 0.717) is 10.8 Å². The molecule has 0 unspecified atom stereocenters. The smallest absolute Gasteiger partial charge is 0.342 e. The van der Waals surface area contributed by atoms with Gasteiger partial charge in [0.1, 0.15) is 10.8 Å². The fourth-order valence-electron chi connectivity index (χ4n) is 2.45. The number of ether oxygens (including phenoxy) is 1. The Labute approximate surface area is 161 Å². The lowest BCUT2D eigenvalue weighted by Crippen LogP contribution is -2.31. The molecule has 0 saturated carbocycles. The summed E-state index contributed by atoms with van der Waals surface area (Å²) in [5.41, 5.74) is 0.999. The molecule has 0 bridgehead atoms. The van der Waals surface area contributed by atoms with Crippen LogP contribution in [0.5, 0.6) is 0 Å². The van der Waals surface area contributed by atoms with Crippen LogP contribution in [0.2, 0.25) is 0 Å². The molecule has 0 aromatic carbocycles. The number of thiophene rings is 1. The van der Waals surface area contributed by atoms with E-state index in [4.69, 9.17) is 4.74 Å². The van der Waals surface area contributed by atoms with Crippen molar-refractivity contribution in [1.82, 2.24) is 9.78 Å². The lowest BCUT2D eigenvalue weighted by Gasteiger charge is -2.16. The average Bonchev–Trinajstić information content (AvgIpc) is 3.12. The Morgan fingerprint density at radius 2 is 1.85 bits per heavy atom. The lowest BCUT2D eigenvalue weighted by molar-refractivity contribution is -0.123. The predicted octanol–water partition coefficient (Wildman–Crippen LogP) is 3.28. The van der Waals surface area contributed by atoms with Crippen molar-refractivity contribution in [3.63, 3.8) is 0 Å². The van der Waals surface area contributed by atoms with Crippen molar-refractivity contribution in [2.75, 3.05) is 10.6 Å². The summed E-state index contributed by atoms with van der Waals surface area (Å²) < 4.78 is 7.00. The first-order valence-electron chi connectivity index (χ1n) is 8.54. The fraction of sp³-hybridized carbons (Fsp3) is 0.444. The number of aryl methyl sites for hydroxylation is 1. The number of amides is 2. The topological polar surface area (TPSA) is 102 Å². The number of anilines is 2. The number of esters is 1. The van der Waals surface area contributed by atoms with Gasteiger partial charge in [-0.15, -0.1) is 11.3 Å². The van der Waals surface area contributed by atoms with E-state index in [1.54, 1.807) is 23.9 Å². The number of nitrogens with zero attached hydrogens (tertiary/aromatic N) is 2. The average molecular weight is 392 g/mol. The van der Waals surface area contributed by atoms with Gasteiger partial charge in [-0.3, -0.25) is 9.59 Å². The normalized spacial score (nSPS) is 12.0. The van der Waals surface area contributed by atoms with Gasteiger partial charge in [-0.05, 0) is 40.2 Å². The highest BCUT2D eigenvalue weighted by atomic mass is 32.1. The summed E-state index contributed by atoms with van der Waals surface area (Å²) in [7, 11) is 0. The van der Waals surface area contributed by atoms with Crippen molar-refractivity contribution in [3.8, 4) is 0 Å². The van der Waals surface area contributed by atoms with E-state index in [1.165, 1.54) is 25.2 Å². The van der Waals surface area contributed by atoms with Crippen LogP contribution in [-0.4, -0.2) is 33.7 Å². The molecule has 0 spiro atoms. The first-order chi connectivity index (χ1) is 12.6. The van der Waals surface area contributed by atoms with Crippen molar-refractivity contribution in [1.29, 1.82) is 0 Å². The molecule has 2 aromatic rings. The monoisotopic (exact) mass is 392 g/mol. The molecule has 27 heavy (non-hydrogen) atoms. The molecule has 0 fully saturated rings. The summed E-state index contributed by atoms with van der Waals surface area (Å²) in [6.07, 6.45) is 0.571. The van der Waals surface area contributed by atoms with E-state index in [1.807, 2.05) is 20.8 Å². The van der Waals surface area contributed by atoms with Crippen LogP contribution in [-0.2, 0) is 14.3 Å². The molecular formula is C18H24N4O4S. The molecule has 8 nitrogen and oxygen atoms in total. The Kier molecular flexibility index (Phi) is 6.37. The second-order valence-electron chi connectivity index (χ2n) is 6.46. The molecule has 2 heterocycles. The maximum Gasteiger partial charge on any atom is 0.342 e. The third-order valence-electron chi connectivity index (χ3n) is 3.94. The fourth-order valence-corrected chi connectivity index (χ4v) is 3.54. The largest absolute Gasteiger partial charge is 0.449 e. The van der Waals surface area contributed by atoms with Gasteiger partial charge in [0, 0.05) is 23.9 Å². The zero-order chi connectivity index (χ0) is 20.3. The number of rotatable bonds is 6. The molecule has 2 N–H and O–H groups in total. The molecular weight excluding hydrogens is 368 g/mol. The molecule has 9 heteroatoms. The van der Waals surface area contributed by atoms with Crippen LogP contribution in [0.1, 0.15) is 54.5 Å². The van der Waals surface area contributed by atoms with Gasteiger partial charge in [0.25, 0.3) is 5.91 Å². The van der Waals surface area contributed by atoms with Crippen molar-refractivity contribution < 1.29 is 19.1 Å². The Morgan fingerprint density at radius 3 is 2.44 bits per heavy atom. The van der Waals surface area contributed by atoms with Gasteiger partial charge in [-0.2, -0.15) is 5.10 Å². The number of hydrogen-bond acceptors (Lipinski definition) is 6. The standard InChI is InChI=1S/C18H24N4O4S/c1-9(2)22-14(7-8-19-22)21-16(24)11(4)26-18(25)15-10(3)12(5)27-17(15)20-13(6)23/h7-9,11H,1-6H3,(H,20,23)(H,21,24)/t11-/m0/s1. The van der Waals surface area contributed by atoms with Crippen molar-refractivity contribution in [2.24, 2.45) is 0 Å². The van der Waals surface area contributed by atoms with Gasteiger partial charge in [-0.1, -0.05) is 0 Å². The Morgan fingerprint density at radius 1 is 1.19 bits per heavy atom. The van der Waals surface area contributed by atoms with E-state index < -0.39 is 18.0 Å². The maximum absolute atomic E-state index is 12.6. The molecule has 0 aliphatic rings. The summed E-state index contributed by atoms with van der Waals surface area (Å²) in [6, 6.07) is 1.75. The minimum atomic E-state index is -1.02. The van der Waals surface area contributed by atoms with Crippen LogP contribution in [0, 0.1) is 13.8 Å². The molecule has 2 aromatic heterocycles.